The number of nitrogens with one attached hydrogen (secondary N) is 1. The average molecular weight is 272 g/mol. The van der Waals surface area contributed by atoms with Crippen LogP contribution in [-0.4, -0.2) is 19.0 Å². The molecule has 3 rings (SSSR count). The standard InChI is InChI=1S/C17H24N2O/c1-2-11-18-15-10-12-19(17(20)13-6-5-7-13)16-9-4-3-8-14(15)16/h3-4,8-9,13,15,18H,2,5-7,10-12H2,1H3. The molecule has 3 heteroatoms. The number of carbonyl (C=O) groups is 1. The molecule has 1 aromatic carbocycles. The summed E-state index contributed by atoms with van der Waals surface area (Å²) in [6.07, 6.45) is 5.54. The van der Waals surface area contributed by atoms with Crippen molar-refractivity contribution in [1.82, 2.24) is 5.32 Å². The normalized spacial score (nSPS) is 22.2. The quantitative estimate of drug-likeness (QED) is 0.912. The van der Waals surface area contributed by atoms with Crippen LogP contribution in [0.3, 0.4) is 0 Å². The van der Waals surface area contributed by atoms with E-state index in [0.717, 1.165) is 44.5 Å². The first-order valence-corrected chi connectivity index (χ1v) is 7.95. The topological polar surface area (TPSA) is 32.3 Å². The molecule has 0 bridgehead atoms. The largest absolute Gasteiger partial charge is 0.312 e. The highest BCUT2D eigenvalue weighted by Crippen LogP contribution is 2.37. The zero-order valence-electron chi connectivity index (χ0n) is 12.3. The van der Waals surface area contributed by atoms with E-state index in [2.05, 4.69) is 30.4 Å². The summed E-state index contributed by atoms with van der Waals surface area (Å²) < 4.78 is 0. The molecule has 0 radical (unpaired) electrons. The monoisotopic (exact) mass is 272 g/mol. The van der Waals surface area contributed by atoms with Crippen molar-refractivity contribution < 1.29 is 4.79 Å². The van der Waals surface area contributed by atoms with Crippen molar-refractivity contribution in [3.63, 3.8) is 0 Å². The second-order valence-electron chi connectivity index (χ2n) is 5.97. The van der Waals surface area contributed by atoms with Crippen LogP contribution in [0.4, 0.5) is 5.69 Å². The van der Waals surface area contributed by atoms with Crippen LogP contribution >= 0.6 is 0 Å². The van der Waals surface area contributed by atoms with Crippen molar-refractivity contribution in [2.45, 2.75) is 45.1 Å². The average Bonchev–Trinajstić information content (AvgIpc) is 2.42. The molecule has 1 amide bonds. The van der Waals surface area contributed by atoms with Gasteiger partial charge in [0, 0.05) is 24.2 Å². The van der Waals surface area contributed by atoms with Gasteiger partial charge in [-0.15, -0.1) is 0 Å². The summed E-state index contributed by atoms with van der Waals surface area (Å²) in [5.74, 6) is 0.626. The lowest BCUT2D eigenvalue weighted by Gasteiger charge is -2.38. The molecule has 1 saturated carbocycles. The van der Waals surface area contributed by atoms with Gasteiger partial charge in [0.2, 0.25) is 5.91 Å². The fourth-order valence-electron chi connectivity index (χ4n) is 3.20. The molecule has 1 atom stereocenters. The highest BCUT2D eigenvalue weighted by Gasteiger charge is 2.34. The summed E-state index contributed by atoms with van der Waals surface area (Å²) in [5, 5.41) is 3.61. The minimum absolute atomic E-state index is 0.281. The summed E-state index contributed by atoms with van der Waals surface area (Å²) in [4.78, 5) is 14.6. The van der Waals surface area contributed by atoms with Crippen molar-refractivity contribution in [3.8, 4) is 0 Å². The van der Waals surface area contributed by atoms with E-state index in [1.807, 2.05) is 11.0 Å². The van der Waals surface area contributed by atoms with Crippen LogP contribution in [0.5, 0.6) is 0 Å². The van der Waals surface area contributed by atoms with Crippen LogP contribution < -0.4 is 10.2 Å². The molecule has 0 saturated heterocycles. The molecule has 1 fully saturated rings. The lowest BCUT2D eigenvalue weighted by Crippen LogP contribution is -2.44. The molecular weight excluding hydrogens is 248 g/mol. The van der Waals surface area contributed by atoms with E-state index in [4.69, 9.17) is 0 Å². The van der Waals surface area contributed by atoms with E-state index in [1.54, 1.807) is 0 Å². The number of rotatable bonds is 4. The zero-order chi connectivity index (χ0) is 13.9. The summed E-state index contributed by atoms with van der Waals surface area (Å²) in [6.45, 7) is 4.08. The molecule has 1 aromatic rings. The number of para-hydroxylation sites is 1. The van der Waals surface area contributed by atoms with E-state index in [1.165, 1.54) is 12.0 Å². The van der Waals surface area contributed by atoms with Crippen molar-refractivity contribution in [1.29, 1.82) is 0 Å². The summed E-state index contributed by atoms with van der Waals surface area (Å²) in [6, 6.07) is 8.80. The van der Waals surface area contributed by atoms with Gasteiger partial charge in [0.1, 0.15) is 0 Å². The van der Waals surface area contributed by atoms with Gasteiger partial charge in [-0.05, 0) is 43.9 Å². The highest BCUT2D eigenvalue weighted by atomic mass is 16.2. The van der Waals surface area contributed by atoms with Gasteiger partial charge >= 0.3 is 0 Å². The Labute approximate surface area is 121 Å². The number of fused-ring (bicyclic) bond motifs is 1. The SMILES string of the molecule is CCCNC1CCN(C(=O)C2CCC2)c2ccccc21. The fraction of sp³-hybridized carbons (Fsp3) is 0.588. The van der Waals surface area contributed by atoms with Gasteiger partial charge in [-0.1, -0.05) is 31.5 Å². The number of hydrogen-bond acceptors (Lipinski definition) is 2. The molecule has 2 aliphatic rings. The number of hydrogen-bond donors (Lipinski definition) is 1. The van der Waals surface area contributed by atoms with Crippen LogP contribution in [0.25, 0.3) is 0 Å². The van der Waals surface area contributed by atoms with Crippen molar-refractivity contribution in [2.24, 2.45) is 5.92 Å². The maximum Gasteiger partial charge on any atom is 0.230 e. The minimum Gasteiger partial charge on any atom is -0.312 e. The Hall–Kier alpha value is -1.35. The Bertz CT molecular complexity index is 482. The number of amides is 1. The third-order valence-corrected chi connectivity index (χ3v) is 4.61. The molecule has 108 valence electrons. The van der Waals surface area contributed by atoms with Crippen molar-refractivity contribution >= 4 is 11.6 Å². The third kappa shape index (κ3) is 2.47. The van der Waals surface area contributed by atoms with Gasteiger partial charge in [-0.3, -0.25) is 4.79 Å². The molecule has 1 unspecified atom stereocenters. The number of benzene rings is 1. The van der Waals surface area contributed by atoms with Crippen molar-refractivity contribution in [2.75, 3.05) is 18.0 Å². The maximum atomic E-state index is 12.6. The Morgan fingerprint density at radius 3 is 2.80 bits per heavy atom. The maximum absolute atomic E-state index is 12.6. The lowest BCUT2D eigenvalue weighted by atomic mass is 9.83. The van der Waals surface area contributed by atoms with E-state index >= 15 is 0 Å². The van der Waals surface area contributed by atoms with E-state index in [-0.39, 0.29) is 5.92 Å². The lowest BCUT2D eigenvalue weighted by molar-refractivity contribution is -0.124. The first-order valence-electron chi connectivity index (χ1n) is 7.95. The van der Waals surface area contributed by atoms with Crippen LogP contribution in [0.1, 0.15) is 50.6 Å². The molecule has 1 N–H and O–H groups in total. The first kappa shape index (κ1) is 13.6. The Kier molecular flexibility index (Phi) is 4.06. The molecule has 20 heavy (non-hydrogen) atoms. The fourth-order valence-corrected chi connectivity index (χ4v) is 3.20. The second kappa shape index (κ2) is 5.96. The first-order chi connectivity index (χ1) is 9.81. The molecule has 0 spiro atoms. The van der Waals surface area contributed by atoms with Crippen LogP contribution in [0.2, 0.25) is 0 Å². The van der Waals surface area contributed by atoms with Crippen LogP contribution in [-0.2, 0) is 4.79 Å². The molecule has 1 heterocycles. The van der Waals surface area contributed by atoms with E-state index in [9.17, 15) is 4.79 Å². The highest BCUT2D eigenvalue weighted by molar-refractivity contribution is 5.96. The smallest absolute Gasteiger partial charge is 0.230 e. The Morgan fingerprint density at radius 2 is 2.10 bits per heavy atom. The van der Waals surface area contributed by atoms with Gasteiger partial charge in [0.15, 0.2) is 0 Å². The summed E-state index contributed by atoms with van der Waals surface area (Å²) >= 11 is 0. The molecular formula is C17H24N2O. The minimum atomic E-state index is 0.281. The van der Waals surface area contributed by atoms with E-state index < -0.39 is 0 Å². The predicted octanol–water partition coefficient (Wildman–Crippen LogP) is 3.26. The number of nitrogens with zero attached hydrogens (tertiary/aromatic N) is 1. The summed E-state index contributed by atoms with van der Waals surface area (Å²) in [7, 11) is 0. The molecule has 0 aromatic heterocycles. The Balaban J connectivity index is 1.82. The van der Waals surface area contributed by atoms with Gasteiger partial charge in [-0.25, -0.2) is 0 Å². The van der Waals surface area contributed by atoms with Gasteiger partial charge in [0.25, 0.3) is 0 Å². The number of anilines is 1. The van der Waals surface area contributed by atoms with Gasteiger partial charge < -0.3 is 10.2 Å². The second-order valence-corrected chi connectivity index (χ2v) is 5.97. The molecule has 1 aliphatic carbocycles. The molecule has 3 nitrogen and oxygen atoms in total. The van der Waals surface area contributed by atoms with Crippen molar-refractivity contribution in [3.05, 3.63) is 29.8 Å². The number of carbonyl (C=O) groups excluding carboxylic acids is 1. The van der Waals surface area contributed by atoms with Crippen LogP contribution in [0.15, 0.2) is 24.3 Å². The summed E-state index contributed by atoms with van der Waals surface area (Å²) in [5.41, 5.74) is 2.42. The van der Waals surface area contributed by atoms with E-state index in [0.29, 0.717) is 11.9 Å². The van der Waals surface area contributed by atoms with Gasteiger partial charge in [-0.2, -0.15) is 0 Å². The predicted molar refractivity (Wildman–Crippen MR) is 81.8 cm³/mol. The molecule has 1 aliphatic heterocycles. The van der Waals surface area contributed by atoms with Gasteiger partial charge in [0.05, 0.1) is 0 Å². The third-order valence-electron chi connectivity index (χ3n) is 4.61. The van der Waals surface area contributed by atoms with Crippen LogP contribution in [0, 0.1) is 5.92 Å². The Morgan fingerprint density at radius 1 is 1.30 bits per heavy atom. The zero-order valence-corrected chi connectivity index (χ0v) is 12.3.